The molecule has 1 heteroatoms. The molecule has 0 aromatic heterocycles. The molecule has 1 fully saturated rings. The van der Waals surface area contributed by atoms with Crippen molar-refractivity contribution in [1.82, 2.24) is 0 Å². The minimum atomic E-state index is -0.130. The summed E-state index contributed by atoms with van der Waals surface area (Å²) >= 11 is 0. The van der Waals surface area contributed by atoms with Gasteiger partial charge >= 0.3 is 0 Å². The smallest absolute Gasteiger partial charge is 0.0602 e. The zero-order valence-electron chi connectivity index (χ0n) is 8.00. The van der Waals surface area contributed by atoms with Crippen molar-refractivity contribution in [2.24, 2.45) is 11.8 Å². The molecule has 0 spiro atoms. The van der Waals surface area contributed by atoms with Gasteiger partial charge < -0.3 is 5.11 Å². The largest absolute Gasteiger partial charge is 0.393 e. The van der Waals surface area contributed by atoms with E-state index in [9.17, 15) is 5.11 Å². The number of rotatable bonds is 3. The van der Waals surface area contributed by atoms with Gasteiger partial charge in [0.2, 0.25) is 0 Å². The average Bonchev–Trinajstić information content (AvgIpc) is 2.06. The predicted molar refractivity (Wildman–Crippen MR) is 51.9 cm³/mol. The van der Waals surface area contributed by atoms with Gasteiger partial charge in [0.1, 0.15) is 0 Å². The van der Waals surface area contributed by atoms with Crippen molar-refractivity contribution < 1.29 is 5.11 Å². The van der Waals surface area contributed by atoms with E-state index in [1.54, 1.807) is 0 Å². The van der Waals surface area contributed by atoms with Gasteiger partial charge in [-0.2, -0.15) is 0 Å². The zero-order valence-corrected chi connectivity index (χ0v) is 8.00. The number of hydrogen-bond donors (Lipinski definition) is 1. The molecule has 12 heavy (non-hydrogen) atoms. The Hall–Kier alpha value is -0.300. The number of aliphatic hydroxyl groups excluding tert-OH is 1. The highest BCUT2D eigenvalue weighted by Crippen LogP contribution is 2.31. The molecule has 0 aromatic rings. The summed E-state index contributed by atoms with van der Waals surface area (Å²) in [5.74, 6) is 1.41. The molecule has 70 valence electrons. The van der Waals surface area contributed by atoms with Crippen LogP contribution < -0.4 is 0 Å². The molecule has 0 heterocycles. The lowest BCUT2D eigenvalue weighted by molar-refractivity contribution is 0.0783. The van der Waals surface area contributed by atoms with Crippen molar-refractivity contribution in [1.29, 1.82) is 0 Å². The molecular weight excluding hydrogens is 148 g/mol. The molecule has 0 amide bonds. The van der Waals surface area contributed by atoms with Crippen molar-refractivity contribution in [3.05, 3.63) is 12.7 Å². The molecule has 1 unspecified atom stereocenters. The van der Waals surface area contributed by atoms with Crippen LogP contribution in [-0.2, 0) is 0 Å². The van der Waals surface area contributed by atoms with Gasteiger partial charge in [-0.05, 0) is 31.1 Å². The Morgan fingerprint density at radius 3 is 2.50 bits per heavy atom. The topological polar surface area (TPSA) is 20.2 Å². The first kappa shape index (κ1) is 9.79. The second kappa shape index (κ2) is 4.66. The van der Waals surface area contributed by atoms with Gasteiger partial charge in [0.15, 0.2) is 0 Å². The van der Waals surface area contributed by atoms with Crippen molar-refractivity contribution in [3.8, 4) is 0 Å². The molecule has 0 aromatic carbocycles. The summed E-state index contributed by atoms with van der Waals surface area (Å²) in [5.41, 5.74) is 0. The summed E-state index contributed by atoms with van der Waals surface area (Å²) in [6.07, 6.45) is 7.45. The second-order valence-corrected chi connectivity index (χ2v) is 4.11. The van der Waals surface area contributed by atoms with E-state index in [1.807, 2.05) is 6.08 Å². The Balaban J connectivity index is 2.28. The lowest BCUT2D eigenvalue weighted by atomic mass is 9.79. The van der Waals surface area contributed by atoms with E-state index < -0.39 is 0 Å². The Labute approximate surface area is 75.5 Å². The summed E-state index contributed by atoms with van der Waals surface area (Å²) in [7, 11) is 0. The summed E-state index contributed by atoms with van der Waals surface area (Å²) in [6, 6.07) is 0. The standard InChI is InChI=1S/C11H20O/c1-3-4-11(12)10-7-5-9(2)6-8-10/h3,9-12H,1,4-8H2,2H3. The van der Waals surface area contributed by atoms with E-state index in [2.05, 4.69) is 13.5 Å². The third-order valence-electron chi connectivity index (χ3n) is 3.01. The van der Waals surface area contributed by atoms with E-state index in [0.717, 1.165) is 12.3 Å². The highest BCUT2D eigenvalue weighted by atomic mass is 16.3. The van der Waals surface area contributed by atoms with E-state index in [1.165, 1.54) is 25.7 Å². The van der Waals surface area contributed by atoms with Crippen LogP contribution in [0.3, 0.4) is 0 Å². The van der Waals surface area contributed by atoms with Gasteiger partial charge in [0.25, 0.3) is 0 Å². The maximum absolute atomic E-state index is 9.69. The molecule has 0 saturated heterocycles. The molecule has 1 nitrogen and oxygen atoms in total. The minimum Gasteiger partial charge on any atom is -0.393 e. The minimum absolute atomic E-state index is 0.130. The molecule has 1 atom stereocenters. The van der Waals surface area contributed by atoms with Gasteiger partial charge in [0.05, 0.1) is 6.10 Å². The predicted octanol–water partition coefficient (Wildman–Crippen LogP) is 2.75. The summed E-state index contributed by atoms with van der Waals surface area (Å²) < 4.78 is 0. The van der Waals surface area contributed by atoms with Gasteiger partial charge in [-0.3, -0.25) is 0 Å². The Kier molecular flexibility index (Phi) is 3.80. The molecule has 1 aliphatic rings. The molecule has 0 bridgehead atoms. The van der Waals surface area contributed by atoms with Crippen LogP contribution in [0, 0.1) is 11.8 Å². The molecule has 0 aliphatic heterocycles. The monoisotopic (exact) mass is 168 g/mol. The molecule has 1 aliphatic carbocycles. The SMILES string of the molecule is C=CCC(O)C1CCC(C)CC1. The fourth-order valence-corrected chi connectivity index (χ4v) is 2.03. The van der Waals surface area contributed by atoms with Crippen molar-refractivity contribution in [2.45, 2.75) is 45.1 Å². The van der Waals surface area contributed by atoms with Crippen molar-refractivity contribution in [3.63, 3.8) is 0 Å². The first-order valence-electron chi connectivity index (χ1n) is 5.03. The lowest BCUT2D eigenvalue weighted by Crippen LogP contribution is -2.24. The third kappa shape index (κ3) is 2.63. The van der Waals surface area contributed by atoms with Crippen LogP contribution >= 0.6 is 0 Å². The number of aliphatic hydroxyl groups is 1. The molecular formula is C11H20O. The maximum Gasteiger partial charge on any atom is 0.0602 e. The first-order chi connectivity index (χ1) is 5.74. The fraction of sp³-hybridized carbons (Fsp3) is 0.818. The first-order valence-corrected chi connectivity index (χ1v) is 5.03. The van der Waals surface area contributed by atoms with Gasteiger partial charge in [-0.25, -0.2) is 0 Å². The fourth-order valence-electron chi connectivity index (χ4n) is 2.03. The lowest BCUT2D eigenvalue weighted by Gasteiger charge is -2.29. The normalized spacial score (nSPS) is 32.8. The summed E-state index contributed by atoms with van der Waals surface area (Å²) in [5, 5.41) is 9.69. The summed E-state index contributed by atoms with van der Waals surface area (Å²) in [4.78, 5) is 0. The van der Waals surface area contributed by atoms with Crippen molar-refractivity contribution in [2.75, 3.05) is 0 Å². The Morgan fingerprint density at radius 2 is 2.00 bits per heavy atom. The highest BCUT2D eigenvalue weighted by Gasteiger charge is 2.23. The highest BCUT2D eigenvalue weighted by molar-refractivity contribution is 4.81. The van der Waals surface area contributed by atoms with Crippen LogP contribution in [0.25, 0.3) is 0 Å². The van der Waals surface area contributed by atoms with Crippen LogP contribution in [0.15, 0.2) is 12.7 Å². The summed E-state index contributed by atoms with van der Waals surface area (Å²) in [6.45, 7) is 5.95. The molecule has 1 N–H and O–H groups in total. The van der Waals surface area contributed by atoms with Gasteiger partial charge in [0, 0.05) is 0 Å². The van der Waals surface area contributed by atoms with Crippen LogP contribution in [-0.4, -0.2) is 11.2 Å². The van der Waals surface area contributed by atoms with Crippen molar-refractivity contribution >= 4 is 0 Å². The molecule has 0 radical (unpaired) electrons. The second-order valence-electron chi connectivity index (χ2n) is 4.11. The van der Waals surface area contributed by atoms with Crippen LogP contribution in [0.4, 0.5) is 0 Å². The zero-order chi connectivity index (χ0) is 8.97. The van der Waals surface area contributed by atoms with E-state index in [-0.39, 0.29) is 6.10 Å². The third-order valence-corrected chi connectivity index (χ3v) is 3.01. The Morgan fingerprint density at radius 1 is 1.42 bits per heavy atom. The molecule has 1 saturated carbocycles. The van der Waals surface area contributed by atoms with E-state index in [4.69, 9.17) is 0 Å². The van der Waals surface area contributed by atoms with Gasteiger partial charge in [-0.1, -0.05) is 25.8 Å². The maximum atomic E-state index is 9.69. The average molecular weight is 168 g/mol. The van der Waals surface area contributed by atoms with Gasteiger partial charge in [-0.15, -0.1) is 6.58 Å². The number of hydrogen-bond acceptors (Lipinski definition) is 1. The van der Waals surface area contributed by atoms with Crippen LogP contribution in [0.1, 0.15) is 39.0 Å². The molecule has 1 rings (SSSR count). The van der Waals surface area contributed by atoms with E-state index in [0.29, 0.717) is 5.92 Å². The quantitative estimate of drug-likeness (QED) is 0.642. The van der Waals surface area contributed by atoms with Crippen LogP contribution in [0.2, 0.25) is 0 Å². The van der Waals surface area contributed by atoms with E-state index >= 15 is 0 Å². The Bertz CT molecular complexity index is 134. The van der Waals surface area contributed by atoms with Crippen LogP contribution in [0.5, 0.6) is 0 Å².